The van der Waals surface area contributed by atoms with E-state index in [4.69, 9.17) is 4.74 Å². The standard InChI is InChI=1S/C21H25F2N3O2/c1-25(14-15-6-9-20(28-2)17(23)12-15)21(27)24-18-13-16(22)7-8-19(18)26-10-4-3-5-11-26/h6-9,12-13H,3-5,10-11,14H2,1-2H3,(H,24,27). The van der Waals surface area contributed by atoms with Crippen LogP contribution in [0.2, 0.25) is 0 Å². The van der Waals surface area contributed by atoms with E-state index in [1.165, 1.54) is 42.7 Å². The molecule has 0 aliphatic carbocycles. The Balaban J connectivity index is 1.71. The molecule has 1 saturated heterocycles. The number of halogens is 2. The second-order valence-corrected chi connectivity index (χ2v) is 6.96. The summed E-state index contributed by atoms with van der Waals surface area (Å²) in [4.78, 5) is 16.2. The number of hydrogen-bond donors (Lipinski definition) is 1. The van der Waals surface area contributed by atoms with Crippen LogP contribution in [0.15, 0.2) is 36.4 Å². The Morgan fingerprint density at radius 2 is 1.89 bits per heavy atom. The maximum Gasteiger partial charge on any atom is 0.321 e. The largest absolute Gasteiger partial charge is 0.494 e. The van der Waals surface area contributed by atoms with Crippen molar-refractivity contribution in [3.8, 4) is 5.75 Å². The van der Waals surface area contributed by atoms with Gasteiger partial charge in [-0.1, -0.05) is 6.07 Å². The van der Waals surface area contributed by atoms with Crippen molar-refractivity contribution in [3.05, 3.63) is 53.6 Å². The van der Waals surface area contributed by atoms with Crippen molar-refractivity contribution < 1.29 is 18.3 Å². The highest BCUT2D eigenvalue weighted by molar-refractivity contribution is 5.93. The van der Waals surface area contributed by atoms with Crippen molar-refractivity contribution in [2.45, 2.75) is 25.8 Å². The summed E-state index contributed by atoms with van der Waals surface area (Å²) in [6, 6.07) is 8.62. The molecular weight excluding hydrogens is 364 g/mol. The van der Waals surface area contributed by atoms with E-state index in [0.717, 1.165) is 31.6 Å². The molecule has 1 heterocycles. The van der Waals surface area contributed by atoms with Gasteiger partial charge < -0.3 is 19.9 Å². The number of nitrogens with one attached hydrogen (secondary N) is 1. The summed E-state index contributed by atoms with van der Waals surface area (Å²) in [5.74, 6) is -0.732. The molecule has 5 nitrogen and oxygen atoms in total. The lowest BCUT2D eigenvalue weighted by Crippen LogP contribution is -2.33. The van der Waals surface area contributed by atoms with Gasteiger partial charge in [-0.15, -0.1) is 0 Å². The molecule has 150 valence electrons. The summed E-state index contributed by atoms with van der Waals surface area (Å²) >= 11 is 0. The number of piperidine rings is 1. The number of carbonyl (C=O) groups excluding carboxylic acids is 1. The van der Waals surface area contributed by atoms with Gasteiger partial charge in [0.25, 0.3) is 0 Å². The average Bonchev–Trinajstić information content (AvgIpc) is 2.69. The molecule has 2 amide bonds. The van der Waals surface area contributed by atoms with E-state index in [9.17, 15) is 13.6 Å². The van der Waals surface area contributed by atoms with Crippen LogP contribution in [0.3, 0.4) is 0 Å². The number of rotatable bonds is 5. The van der Waals surface area contributed by atoms with Crippen LogP contribution in [0.5, 0.6) is 5.75 Å². The van der Waals surface area contributed by atoms with E-state index in [1.54, 1.807) is 19.2 Å². The minimum atomic E-state index is -0.480. The van der Waals surface area contributed by atoms with Crippen LogP contribution in [-0.2, 0) is 6.54 Å². The van der Waals surface area contributed by atoms with E-state index in [2.05, 4.69) is 10.2 Å². The molecule has 0 unspecified atom stereocenters. The topological polar surface area (TPSA) is 44.8 Å². The molecule has 0 spiro atoms. The molecule has 1 aliphatic rings. The van der Waals surface area contributed by atoms with Gasteiger partial charge in [-0.3, -0.25) is 0 Å². The number of amides is 2. The monoisotopic (exact) mass is 389 g/mol. The van der Waals surface area contributed by atoms with Crippen LogP contribution in [-0.4, -0.2) is 38.2 Å². The summed E-state index contributed by atoms with van der Waals surface area (Å²) in [6.07, 6.45) is 3.34. The maximum absolute atomic E-state index is 13.9. The Hall–Kier alpha value is -2.83. The molecule has 1 fully saturated rings. The third-order valence-corrected chi connectivity index (χ3v) is 4.88. The number of urea groups is 1. The van der Waals surface area contributed by atoms with Gasteiger partial charge in [0.1, 0.15) is 5.82 Å². The predicted octanol–water partition coefficient (Wildman–Crippen LogP) is 4.63. The molecule has 2 aromatic rings. The zero-order valence-electron chi connectivity index (χ0n) is 16.2. The van der Waals surface area contributed by atoms with E-state index in [1.807, 2.05) is 0 Å². The summed E-state index contributed by atoms with van der Waals surface area (Å²) in [5, 5.41) is 2.79. The van der Waals surface area contributed by atoms with Crippen LogP contribution in [0.4, 0.5) is 25.0 Å². The molecule has 28 heavy (non-hydrogen) atoms. The highest BCUT2D eigenvalue weighted by Crippen LogP contribution is 2.29. The van der Waals surface area contributed by atoms with Gasteiger partial charge in [-0.25, -0.2) is 13.6 Å². The molecule has 1 aliphatic heterocycles. The highest BCUT2D eigenvalue weighted by Gasteiger charge is 2.18. The zero-order chi connectivity index (χ0) is 20.1. The van der Waals surface area contributed by atoms with Crippen molar-refractivity contribution >= 4 is 17.4 Å². The Morgan fingerprint density at radius 1 is 1.14 bits per heavy atom. The smallest absolute Gasteiger partial charge is 0.321 e. The Bertz CT molecular complexity index is 838. The number of ether oxygens (including phenoxy) is 1. The average molecular weight is 389 g/mol. The maximum atomic E-state index is 13.9. The minimum absolute atomic E-state index is 0.154. The summed E-state index contributed by atoms with van der Waals surface area (Å²) in [5.41, 5.74) is 1.89. The van der Waals surface area contributed by atoms with E-state index in [0.29, 0.717) is 11.3 Å². The van der Waals surface area contributed by atoms with Crippen molar-refractivity contribution in [1.82, 2.24) is 4.90 Å². The molecule has 0 aromatic heterocycles. The normalized spacial score (nSPS) is 13.9. The Labute approximate surface area is 163 Å². The van der Waals surface area contributed by atoms with Gasteiger partial charge in [0, 0.05) is 26.7 Å². The van der Waals surface area contributed by atoms with E-state index in [-0.39, 0.29) is 18.3 Å². The van der Waals surface area contributed by atoms with Gasteiger partial charge >= 0.3 is 6.03 Å². The molecule has 0 bridgehead atoms. The molecular formula is C21H25F2N3O2. The summed E-state index contributed by atoms with van der Waals surface area (Å²) in [7, 11) is 3.01. The van der Waals surface area contributed by atoms with Crippen LogP contribution in [0.25, 0.3) is 0 Å². The van der Waals surface area contributed by atoms with Crippen molar-refractivity contribution in [2.24, 2.45) is 0 Å². The molecule has 2 aromatic carbocycles. The fourth-order valence-electron chi connectivity index (χ4n) is 3.38. The molecule has 7 heteroatoms. The summed E-state index contributed by atoms with van der Waals surface area (Å²) < 4.78 is 32.6. The van der Waals surface area contributed by atoms with Crippen molar-refractivity contribution in [2.75, 3.05) is 37.5 Å². The molecule has 0 atom stereocenters. The number of methoxy groups -OCH3 is 1. The lowest BCUT2D eigenvalue weighted by molar-refractivity contribution is 0.220. The SMILES string of the molecule is COc1ccc(CN(C)C(=O)Nc2cc(F)ccc2N2CCCCC2)cc1F. The first-order valence-corrected chi connectivity index (χ1v) is 9.37. The first-order valence-electron chi connectivity index (χ1n) is 9.37. The number of hydrogen-bond acceptors (Lipinski definition) is 3. The fourth-order valence-corrected chi connectivity index (χ4v) is 3.38. The van der Waals surface area contributed by atoms with Gasteiger partial charge in [0.15, 0.2) is 11.6 Å². The van der Waals surface area contributed by atoms with Crippen molar-refractivity contribution in [3.63, 3.8) is 0 Å². The minimum Gasteiger partial charge on any atom is -0.494 e. The summed E-state index contributed by atoms with van der Waals surface area (Å²) in [6.45, 7) is 1.98. The lowest BCUT2D eigenvalue weighted by atomic mass is 10.1. The molecule has 0 saturated carbocycles. The second kappa shape index (κ2) is 8.91. The molecule has 3 rings (SSSR count). The number of nitrogens with zero attached hydrogens (tertiary/aromatic N) is 2. The van der Waals surface area contributed by atoms with Gasteiger partial charge in [0.05, 0.1) is 18.5 Å². The van der Waals surface area contributed by atoms with E-state index >= 15 is 0 Å². The van der Waals surface area contributed by atoms with Crippen molar-refractivity contribution in [1.29, 1.82) is 0 Å². The van der Waals surface area contributed by atoms with Crippen LogP contribution in [0, 0.1) is 11.6 Å². The number of anilines is 2. The zero-order valence-corrected chi connectivity index (χ0v) is 16.2. The third kappa shape index (κ3) is 4.71. The van der Waals surface area contributed by atoms with Gasteiger partial charge in [-0.05, 0) is 55.2 Å². The van der Waals surface area contributed by atoms with Gasteiger partial charge in [0.2, 0.25) is 0 Å². The number of carbonyl (C=O) groups is 1. The molecule has 0 radical (unpaired) electrons. The second-order valence-electron chi connectivity index (χ2n) is 6.96. The number of benzene rings is 2. The third-order valence-electron chi connectivity index (χ3n) is 4.88. The predicted molar refractivity (Wildman–Crippen MR) is 106 cm³/mol. The Kier molecular flexibility index (Phi) is 6.34. The Morgan fingerprint density at radius 3 is 2.57 bits per heavy atom. The quantitative estimate of drug-likeness (QED) is 0.811. The van der Waals surface area contributed by atoms with Crippen LogP contribution < -0.4 is 15.0 Å². The van der Waals surface area contributed by atoms with E-state index < -0.39 is 11.6 Å². The van der Waals surface area contributed by atoms with Gasteiger partial charge in [-0.2, -0.15) is 0 Å². The first-order chi connectivity index (χ1) is 13.5. The van der Waals surface area contributed by atoms with Crippen LogP contribution in [0.1, 0.15) is 24.8 Å². The van der Waals surface area contributed by atoms with Crippen LogP contribution >= 0.6 is 0 Å². The lowest BCUT2D eigenvalue weighted by Gasteiger charge is -2.31. The highest BCUT2D eigenvalue weighted by atomic mass is 19.1. The molecule has 1 N–H and O–H groups in total. The fraction of sp³-hybridized carbons (Fsp3) is 0.381. The first kappa shape index (κ1) is 19.9.